The van der Waals surface area contributed by atoms with Gasteiger partial charge in [-0.2, -0.15) is 0 Å². The molecular formula is C11H12FNO2. The normalized spacial score (nSPS) is 15.0. The predicted octanol–water partition coefficient (Wildman–Crippen LogP) is 2.35. The van der Waals surface area contributed by atoms with E-state index in [1.165, 1.54) is 25.0 Å². The van der Waals surface area contributed by atoms with Gasteiger partial charge in [0.2, 0.25) is 0 Å². The first-order valence-corrected chi connectivity index (χ1v) is 4.93. The predicted molar refractivity (Wildman–Crippen MR) is 54.6 cm³/mol. The van der Waals surface area contributed by atoms with E-state index in [0.29, 0.717) is 11.6 Å². The molecule has 0 bridgehead atoms. The maximum Gasteiger partial charge on any atom is 0.337 e. The first-order chi connectivity index (χ1) is 7.16. The summed E-state index contributed by atoms with van der Waals surface area (Å²) in [7, 11) is 0. The largest absolute Gasteiger partial charge is 0.478 e. The monoisotopic (exact) mass is 209 g/mol. The lowest BCUT2D eigenvalue weighted by Crippen LogP contribution is -2.09. The molecule has 0 saturated heterocycles. The Kier molecular flexibility index (Phi) is 2.58. The molecular weight excluding hydrogens is 197 g/mol. The number of halogens is 1. The highest BCUT2D eigenvalue weighted by Crippen LogP contribution is 2.29. The number of carbonyl (C=O) groups is 1. The van der Waals surface area contributed by atoms with Crippen molar-refractivity contribution in [1.82, 2.24) is 0 Å². The molecule has 2 N–H and O–H groups in total. The van der Waals surface area contributed by atoms with Crippen LogP contribution in [0.3, 0.4) is 0 Å². The van der Waals surface area contributed by atoms with Crippen molar-refractivity contribution in [2.75, 3.05) is 11.9 Å². The van der Waals surface area contributed by atoms with Crippen molar-refractivity contribution >= 4 is 11.7 Å². The number of benzene rings is 1. The third kappa shape index (κ3) is 2.46. The molecule has 1 saturated carbocycles. The van der Waals surface area contributed by atoms with Gasteiger partial charge in [0.25, 0.3) is 0 Å². The summed E-state index contributed by atoms with van der Waals surface area (Å²) in [5.41, 5.74) is 0.492. The van der Waals surface area contributed by atoms with Crippen LogP contribution >= 0.6 is 0 Å². The molecule has 1 aromatic carbocycles. The van der Waals surface area contributed by atoms with Gasteiger partial charge >= 0.3 is 5.97 Å². The Hall–Kier alpha value is -1.58. The van der Waals surface area contributed by atoms with Crippen molar-refractivity contribution in [1.29, 1.82) is 0 Å². The van der Waals surface area contributed by atoms with E-state index in [4.69, 9.17) is 5.11 Å². The fourth-order valence-electron chi connectivity index (χ4n) is 1.42. The van der Waals surface area contributed by atoms with E-state index in [2.05, 4.69) is 5.32 Å². The third-order valence-corrected chi connectivity index (χ3v) is 2.49. The lowest BCUT2D eigenvalue weighted by Gasteiger charge is -2.08. The second kappa shape index (κ2) is 3.88. The van der Waals surface area contributed by atoms with Crippen LogP contribution < -0.4 is 5.32 Å². The molecule has 0 heterocycles. The molecule has 0 radical (unpaired) electrons. The van der Waals surface area contributed by atoms with Gasteiger partial charge in [-0.05, 0) is 37.0 Å². The van der Waals surface area contributed by atoms with Crippen molar-refractivity contribution in [2.24, 2.45) is 5.92 Å². The average Bonchev–Trinajstić information content (AvgIpc) is 2.99. The quantitative estimate of drug-likeness (QED) is 0.800. The van der Waals surface area contributed by atoms with E-state index in [9.17, 15) is 9.18 Å². The number of rotatable bonds is 4. The summed E-state index contributed by atoms with van der Waals surface area (Å²) in [5, 5.41) is 11.9. The van der Waals surface area contributed by atoms with Crippen molar-refractivity contribution in [2.45, 2.75) is 12.8 Å². The van der Waals surface area contributed by atoms with Crippen LogP contribution in [0.4, 0.5) is 10.1 Å². The molecule has 80 valence electrons. The zero-order valence-electron chi connectivity index (χ0n) is 8.16. The van der Waals surface area contributed by atoms with Gasteiger partial charge in [0.15, 0.2) is 0 Å². The SMILES string of the molecule is O=C(O)c1cc(F)ccc1NCC1CC1. The molecule has 1 aliphatic carbocycles. The number of aromatic carboxylic acids is 1. The summed E-state index contributed by atoms with van der Waals surface area (Å²) in [6, 6.07) is 3.78. The second-order valence-electron chi connectivity index (χ2n) is 3.82. The molecule has 0 spiro atoms. The third-order valence-electron chi connectivity index (χ3n) is 2.49. The van der Waals surface area contributed by atoms with Crippen LogP contribution in [0.2, 0.25) is 0 Å². The minimum absolute atomic E-state index is 0.00403. The lowest BCUT2D eigenvalue weighted by molar-refractivity contribution is 0.0697. The first-order valence-electron chi connectivity index (χ1n) is 4.93. The zero-order valence-corrected chi connectivity index (χ0v) is 8.16. The van der Waals surface area contributed by atoms with Crippen LogP contribution in [0.15, 0.2) is 18.2 Å². The zero-order chi connectivity index (χ0) is 10.8. The van der Waals surface area contributed by atoms with Crippen molar-refractivity contribution in [3.05, 3.63) is 29.6 Å². The van der Waals surface area contributed by atoms with Crippen LogP contribution in [0.25, 0.3) is 0 Å². The minimum atomic E-state index is -1.10. The number of nitrogens with one attached hydrogen (secondary N) is 1. The Morgan fingerprint density at radius 3 is 2.87 bits per heavy atom. The Morgan fingerprint density at radius 2 is 2.27 bits per heavy atom. The van der Waals surface area contributed by atoms with Gasteiger partial charge in [-0.3, -0.25) is 0 Å². The summed E-state index contributed by atoms with van der Waals surface area (Å²) in [4.78, 5) is 10.8. The Bertz CT molecular complexity index is 388. The molecule has 1 fully saturated rings. The summed E-state index contributed by atoms with van der Waals surface area (Å²) < 4.78 is 12.8. The molecule has 15 heavy (non-hydrogen) atoms. The maximum atomic E-state index is 12.8. The van der Waals surface area contributed by atoms with Gasteiger partial charge in [-0.1, -0.05) is 0 Å². The van der Waals surface area contributed by atoms with E-state index in [1.807, 2.05) is 0 Å². The fourth-order valence-corrected chi connectivity index (χ4v) is 1.42. The molecule has 0 aromatic heterocycles. The van der Waals surface area contributed by atoms with Gasteiger partial charge in [0.1, 0.15) is 5.82 Å². The number of anilines is 1. The highest BCUT2D eigenvalue weighted by atomic mass is 19.1. The maximum absolute atomic E-state index is 12.8. The average molecular weight is 209 g/mol. The van der Waals surface area contributed by atoms with Gasteiger partial charge in [-0.25, -0.2) is 9.18 Å². The summed E-state index contributed by atoms with van der Waals surface area (Å²) in [6.07, 6.45) is 2.38. The Labute approximate surface area is 86.9 Å². The van der Waals surface area contributed by atoms with Crippen LogP contribution in [-0.2, 0) is 0 Å². The van der Waals surface area contributed by atoms with Gasteiger partial charge < -0.3 is 10.4 Å². The van der Waals surface area contributed by atoms with Crippen molar-refractivity contribution in [3.8, 4) is 0 Å². The molecule has 1 aromatic rings. The van der Waals surface area contributed by atoms with E-state index >= 15 is 0 Å². The highest BCUT2D eigenvalue weighted by Gasteiger charge is 2.21. The summed E-state index contributed by atoms with van der Waals surface area (Å²) in [5.74, 6) is -0.978. The first kappa shape index (κ1) is 9.96. The number of hydrogen-bond donors (Lipinski definition) is 2. The smallest absolute Gasteiger partial charge is 0.337 e. The van der Waals surface area contributed by atoms with Crippen LogP contribution in [0, 0.1) is 11.7 Å². The van der Waals surface area contributed by atoms with Crippen LogP contribution in [0.5, 0.6) is 0 Å². The second-order valence-corrected chi connectivity index (χ2v) is 3.82. The number of carboxylic acids is 1. The molecule has 0 atom stereocenters. The molecule has 0 amide bonds. The topological polar surface area (TPSA) is 49.3 Å². The van der Waals surface area contributed by atoms with Gasteiger partial charge in [0.05, 0.1) is 5.56 Å². The minimum Gasteiger partial charge on any atom is -0.478 e. The van der Waals surface area contributed by atoms with E-state index < -0.39 is 11.8 Å². The van der Waals surface area contributed by atoms with Crippen LogP contribution in [0.1, 0.15) is 23.2 Å². The van der Waals surface area contributed by atoms with E-state index in [-0.39, 0.29) is 5.56 Å². The molecule has 0 unspecified atom stereocenters. The molecule has 1 aliphatic rings. The Balaban J connectivity index is 2.15. The van der Waals surface area contributed by atoms with Crippen molar-refractivity contribution < 1.29 is 14.3 Å². The van der Waals surface area contributed by atoms with E-state index in [1.54, 1.807) is 0 Å². The molecule has 3 nitrogen and oxygen atoms in total. The van der Waals surface area contributed by atoms with Gasteiger partial charge in [0, 0.05) is 12.2 Å². The number of hydrogen-bond acceptors (Lipinski definition) is 2. The highest BCUT2D eigenvalue weighted by molar-refractivity contribution is 5.94. The van der Waals surface area contributed by atoms with Crippen molar-refractivity contribution in [3.63, 3.8) is 0 Å². The summed E-state index contributed by atoms with van der Waals surface area (Å²) >= 11 is 0. The Morgan fingerprint density at radius 1 is 1.53 bits per heavy atom. The lowest BCUT2D eigenvalue weighted by atomic mass is 10.1. The standard InChI is InChI=1S/C11H12FNO2/c12-8-3-4-10(9(5-8)11(14)15)13-6-7-1-2-7/h3-5,7,13H,1-2,6H2,(H,14,15). The molecule has 0 aliphatic heterocycles. The van der Waals surface area contributed by atoms with E-state index in [0.717, 1.165) is 12.6 Å². The van der Waals surface area contributed by atoms with Crippen LogP contribution in [-0.4, -0.2) is 17.6 Å². The summed E-state index contributed by atoms with van der Waals surface area (Å²) in [6.45, 7) is 0.770. The van der Waals surface area contributed by atoms with Gasteiger partial charge in [-0.15, -0.1) is 0 Å². The number of carboxylic acid groups (broad SMARTS) is 1. The fraction of sp³-hybridized carbons (Fsp3) is 0.364. The molecule has 4 heteroatoms. The molecule has 2 rings (SSSR count).